The number of hydrogen-bond donors (Lipinski definition) is 2. The topological polar surface area (TPSA) is 121 Å². The molecule has 0 aliphatic heterocycles. The number of benzene rings is 3. The average molecular weight is 589 g/mol. The number of ether oxygens (including phenoxy) is 2. The van der Waals surface area contributed by atoms with E-state index >= 15 is 0 Å². The predicted molar refractivity (Wildman–Crippen MR) is 156 cm³/mol. The zero-order valence-electron chi connectivity index (χ0n) is 22.2. The number of fused-ring (bicyclic) bond motifs is 1. The standard InChI is InChI=1S/C31H28N2O6S2/c1-18-14-22(8-13-26(18)30(35)36)38-27-17-32-31(40-27)33-29(34)28(39-23-15-20-4-2-3-5-21(20)16-23)19-6-9-24(10-7-19)41(37)25-11-12-25/h2-10,13-14,17,23,25,28H,11-12,15-16H2,1H3,(H,35,36)(H,32,33,34). The van der Waals surface area contributed by atoms with Gasteiger partial charge in [0.05, 0.1) is 17.9 Å². The minimum absolute atomic E-state index is 0.157. The van der Waals surface area contributed by atoms with E-state index in [-0.39, 0.29) is 22.8 Å². The molecule has 6 rings (SSSR count). The van der Waals surface area contributed by atoms with E-state index in [4.69, 9.17) is 9.47 Å². The Morgan fingerprint density at radius 2 is 1.78 bits per heavy atom. The van der Waals surface area contributed by atoms with Gasteiger partial charge in [-0.2, -0.15) is 0 Å². The Balaban J connectivity index is 1.17. The molecule has 3 aromatic carbocycles. The van der Waals surface area contributed by atoms with Gasteiger partial charge in [0.15, 0.2) is 16.1 Å². The van der Waals surface area contributed by atoms with Gasteiger partial charge in [0.2, 0.25) is 5.06 Å². The molecule has 0 bridgehead atoms. The summed E-state index contributed by atoms with van der Waals surface area (Å²) >= 11 is 0.126. The van der Waals surface area contributed by atoms with Gasteiger partial charge in [-0.1, -0.05) is 47.7 Å². The monoisotopic (exact) mass is 588 g/mol. The largest absolute Gasteiger partial charge is 0.611 e. The number of rotatable bonds is 10. The molecule has 2 aliphatic rings. The van der Waals surface area contributed by atoms with E-state index in [1.165, 1.54) is 23.4 Å². The van der Waals surface area contributed by atoms with Crippen molar-refractivity contribution >= 4 is 39.5 Å². The molecule has 4 aromatic rings. The summed E-state index contributed by atoms with van der Waals surface area (Å²) in [4.78, 5) is 29.9. The Morgan fingerprint density at radius 3 is 2.41 bits per heavy atom. The lowest BCUT2D eigenvalue weighted by atomic mass is 10.1. The van der Waals surface area contributed by atoms with E-state index in [1.807, 2.05) is 36.4 Å². The molecule has 210 valence electrons. The van der Waals surface area contributed by atoms with Crippen LogP contribution in [0.3, 0.4) is 0 Å². The van der Waals surface area contributed by atoms with E-state index < -0.39 is 23.2 Å². The number of hydrogen-bond acceptors (Lipinski definition) is 7. The van der Waals surface area contributed by atoms with Crippen LogP contribution in [-0.2, 0) is 33.5 Å². The predicted octanol–water partition coefficient (Wildman–Crippen LogP) is 6.08. The molecule has 1 amide bonds. The first kappa shape index (κ1) is 27.5. The van der Waals surface area contributed by atoms with E-state index in [0.29, 0.717) is 27.1 Å². The lowest BCUT2D eigenvalue weighted by Gasteiger charge is -2.22. The van der Waals surface area contributed by atoms with Gasteiger partial charge in [0.1, 0.15) is 11.0 Å². The third-order valence-electron chi connectivity index (χ3n) is 7.18. The van der Waals surface area contributed by atoms with Crippen molar-refractivity contribution in [1.82, 2.24) is 4.98 Å². The van der Waals surface area contributed by atoms with E-state index in [1.54, 1.807) is 19.1 Å². The number of nitrogens with one attached hydrogen (secondary N) is 1. The fraction of sp³-hybridized carbons (Fsp3) is 0.258. The fourth-order valence-corrected chi connectivity index (χ4v) is 6.99. The molecule has 0 radical (unpaired) electrons. The highest BCUT2D eigenvalue weighted by Gasteiger charge is 2.36. The third kappa shape index (κ3) is 6.31. The zero-order valence-corrected chi connectivity index (χ0v) is 23.9. The molecule has 0 spiro atoms. The normalized spacial score (nSPS) is 16.1. The van der Waals surface area contributed by atoms with Crippen molar-refractivity contribution < 1.29 is 28.7 Å². The van der Waals surface area contributed by atoms with Crippen molar-refractivity contribution in [2.75, 3.05) is 5.32 Å². The van der Waals surface area contributed by atoms with Gasteiger partial charge in [0, 0.05) is 12.8 Å². The second-order valence-corrected chi connectivity index (χ2v) is 13.0. The van der Waals surface area contributed by atoms with Crippen LogP contribution in [-0.4, -0.2) is 37.9 Å². The third-order valence-corrected chi connectivity index (χ3v) is 9.79. The molecule has 0 saturated heterocycles. The first-order valence-corrected chi connectivity index (χ1v) is 15.4. The SMILES string of the molecule is Cc1cc(Oc2cnc(NC(=O)C(OC3Cc4ccccc4C3)c3ccc([S+]([O-])C4CC4)cc3)s2)ccc1C(=O)O. The van der Waals surface area contributed by atoms with Crippen LogP contribution in [0.1, 0.15) is 51.6 Å². The lowest BCUT2D eigenvalue weighted by molar-refractivity contribution is -0.131. The number of thiazole rings is 1. The maximum absolute atomic E-state index is 13.6. The molecule has 8 nitrogen and oxygen atoms in total. The van der Waals surface area contributed by atoms with Gasteiger partial charge in [-0.25, -0.2) is 9.78 Å². The second kappa shape index (κ2) is 11.7. The van der Waals surface area contributed by atoms with Crippen molar-refractivity contribution in [2.24, 2.45) is 0 Å². The van der Waals surface area contributed by atoms with Crippen LogP contribution in [0.4, 0.5) is 5.13 Å². The molecular formula is C31H28N2O6S2. The van der Waals surface area contributed by atoms with Crippen molar-refractivity contribution in [2.45, 2.75) is 55.0 Å². The highest BCUT2D eigenvalue weighted by molar-refractivity contribution is 7.92. The van der Waals surface area contributed by atoms with Crippen LogP contribution in [0.5, 0.6) is 10.8 Å². The van der Waals surface area contributed by atoms with Crippen LogP contribution in [0.25, 0.3) is 0 Å². The molecular weight excluding hydrogens is 560 g/mol. The van der Waals surface area contributed by atoms with Crippen LogP contribution >= 0.6 is 11.3 Å². The van der Waals surface area contributed by atoms with Gasteiger partial charge in [-0.05, 0) is 83.5 Å². The number of carbonyl (C=O) groups is 2. The zero-order chi connectivity index (χ0) is 28.5. The number of carboxylic acid groups (broad SMARTS) is 1. The Bertz CT molecular complexity index is 1560. The fourth-order valence-electron chi connectivity index (χ4n) is 4.94. The van der Waals surface area contributed by atoms with Crippen molar-refractivity contribution in [1.29, 1.82) is 0 Å². The van der Waals surface area contributed by atoms with E-state index in [9.17, 15) is 19.2 Å². The Labute approximate surface area is 244 Å². The highest BCUT2D eigenvalue weighted by atomic mass is 32.2. The van der Waals surface area contributed by atoms with Gasteiger partial charge in [-0.3, -0.25) is 10.1 Å². The summed E-state index contributed by atoms with van der Waals surface area (Å²) in [5, 5.41) is 13.1. The molecule has 2 aliphatic carbocycles. The van der Waals surface area contributed by atoms with Crippen LogP contribution < -0.4 is 10.1 Å². The summed E-state index contributed by atoms with van der Waals surface area (Å²) in [7, 11) is 0. The summed E-state index contributed by atoms with van der Waals surface area (Å²) in [5.41, 5.74) is 3.91. The number of aromatic carboxylic acids is 1. The number of carboxylic acids is 1. The number of aromatic nitrogens is 1. The smallest absolute Gasteiger partial charge is 0.335 e. The van der Waals surface area contributed by atoms with Gasteiger partial charge >= 0.3 is 5.97 Å². The molecule has 1 heterocycles. The Morgan fingerprint density at radius 1 is 1.07 bits per heavy atom. The quantitative estimate of drug-likeness (QED) is 0.216. The minimum Gasteiger partial charge on any atom is -0.611 e. The molecule has 2 atom stereocenters. The summed E-state index contributed by atoms with van der Waals surface area (Å²) in [6, 6.07) is 20.2. The molecule has 1 fully saturated rings. The second-order valence-electron chi connectivity index (χ2n) is 10.2. The number of nitrogens with zero attached hydrogens (tertiary/aromatic N) is 1. The van der Waals surface area contributed by atoms with E-state index in [0.717, 1.165) is 41.9 Å². The maximum atomic E-state index is 13.6. The Hall–Kier alpha value is -3.70. The van der Waals surface area contributed by atoms with Gasteiger partial charge in [-0.15, -0.1) is 0 Å². The van der Waals surface area contributed by atoms with Gasteiger partial charge in [0.25, 0.3) is 5.91 Å². The number of anilines is 1. The number of carbonyl (C=O) groups excluding carboxylic acids is 1. The first-order valence-electron chi connectivity index (χ1n) is 13.4. The molecule has 41 heavy (non-hydrogen) atoms. The van der Waals surface area contributed by atoms with Crippen molar-refractivity contribution in [3.05, 3.63) is 101 Å². The highest BCUT2D eigenvalue weighted by Crippen LogP contribution is 2.36. The lowest BCUT2D eigenvalue weighted by Crippen LogP contribution is -2.28. The number of amides is 1. The molecule has 2 N–H and O–H groups in total. The van der Waals surface area contributed by atoms with Gasteiger partial charge < -0.3 is 19.1 Å². The molecule has 1 aromatic heterocycles. The molecule has 10 heteroatoms. The maximum Gasteiger partial charge on any atom is 0.335 e. The van der Waals surface area contributed by atoms with E-state index in [2.05, 4.69) is 22.4 Å². The average Bonchev–Trinajstić information content (AvgIpc) is 3.59. The van der Waals surface area contributed by atoms with Crippen molar-refractivity contribution in [3.8, 4) is 10.8 Å². The summed E-state index contributed by atoms with van der Waals surface area (Å²) < 4.78 is 24.9. The van der Waals surface area contributed by atoms with Crippen LogP contribution in [0.15, 0.2) is 77.8 Å². The molecule has 2 unspecified atom stereocenters. The van der Waals surface area contributed by atoms with Crippen LogP contribution in [0, 0.1) is 6.92 Å². The first-order chi connectivity index (χ1) is 19.8. The molecule has 1 saturated carbocycles. The Kier molecular flexibility index (Phi) is 7.81. The summed E-state index contributed by atoms with van der Waals surface area (Å²) in [5.74, 6) is -0.889. The number of aryl methyl sites for hydroxylation is 1. The summed E-state index contributed by atoms with van der Waals surface area (Å²) in [6.45, 7) is 1.70. The minimum atomic E-state index is -1.03. The van der Waals surface area contributed by atoms with Crippen LogP contribution in [0.2, 0.25) is 0 Å². The van der Waals surface area contributed by atoms with Crippen molar-refractivity contribution in [3.63, 3.8) is 0 Å². The summed E-state index contributed by atoms with van der Waals surface area (Å²) in [6.07, 6.45) is 3.87.